The summed E-state index contributed by atoms with van der Waals surface area (Å²) in [6.45, 7) is 30.4. The molecule has 11 rings (SSSR count). The SMILES string of the molecule is C.C.C.C[C@@H]1CN(Cc2ccccc2)C[C@H](C)O1.C[C@@H]1CNC[C@H](C)O1.C[C@H](O)C(=O)O.C[C@H](O)CN(Cc1ccccc1)C(=O)[C@H](C)O.C[C@H](O)CNCc1ccccc1.C[C@H]1CN(Cc2ccccc2)C(=O)[C@@H](C)O1.C[C@H]1CO1.Cl.N#Cc1cc(Cl)c2ccc(CBr)cc2n1.NCc1ccccc1.O=CO[O-].O=S(=O)([O-])C(F)(F)F.[H-].[H-].[K+].[K+].[Li+].[Na+]. The molecule has 662 valence electrons. The van der Waals surface area contributed by atoms with Gasteiger partial charge in [0.05, 0.1) is 66.0 Å². The van der Waals surface area contributed by atoms with Crippen LogP contribution < -0.4 is 173 Å². The number of hydrogen-bond donors (Lipinski definition) is 8. The van der Waals surface area contributed by atoms with E-state index >= 15 is 0 Å². The summed E-state index contributed by atoms with van der Waals surface area (Å²) >= 11 is 9.41. The predicted molar refractivity (Wildman–Crippen MR) is 457 cm³/mol. The molecule has 26 nitrogen and oxygen atoms in total. The number of ether oxygens (including phenoxy) is 4. The third kappa shape index (κ3) is 66.3. The van der Waals surface area contributed by atoms with Crippen LogP contribution in [0.1, 0.15) is 140 Å². The van der Waals surface area contributed by atoms with Gasteiger partial charge < -0.3 is 88.2 Å². The Morgan fingerprint density at radius 3 is 1.45 bits per heavy atom. The van der Waals surface area contributed by atoms with Gasteiger partial charge in [-0.15, -0.1) is 12.4 Å². The minimum atomic E-state index is -6.09. The Morgan fingerprint density at radius 2 is 1.11 bits per heavy atom. The maximum absolute atomic E-state index is 11.9. The average Bonchev–Trinajstić information content (AvgIpc) is 1.30. The van der Waals surface area contributed by atoms with E-state index in [0.717, 1.165) is 78.8 Å². The number of alkyl halides is 4. The number of carbonyl (C=O) groups excluding carboxylic acids is 3. The van der Waals surface area contributed by atoms with E-state index in [2.05, 4.69) is 118 Å². The number of fused-ring (bicyclic) bond motifs is 1. The quantitative estimate of drug-likeness (QED) is 0.00879. The minimum Gasteiger partial charge on any atom is -1.00 e. The second kappa shape index (κ2) is 77.2. The first-order valence-electron chi connectivity index (χ1n) is 36.3. The van der Waals surface area contributed by atoms with Gasteiger partial charge in [0.2, 0.25) is 0 Å². The van der Waals surface area contributed by atoms with Gasteiger partial charge >= 0.3 is 163 Å². The molecule has 4 saturated heterocycles. The molecule has 4 aliphatic heterocycles. The number of nitrogens with two attached hydrogens (primary N) is 1. The molecule has 2 amide bonds. The number of halogens is 6. The van der Waals surface area contributed by atoms with Gasteiger partial charge in [0, 0.05) is 89.3 Å². The Labute approximate surface area is 857 Å². The van der Waals surface area contributed by atoms with Crippen molar-refractivity contribution in [1.29, 1.82) is 5.26 Å². The van der Waals surface area contributed by atoms with Crippen LogP contribution in [0.15, 0.2) is 176 Å². The molecule has 5 heterocycles. The molecule has 0 aliphatic carbocycles. The summed E-state index contributed by atoms with van der Waals surface area (Å²) in [4.78, 5) is 54.3. The van der Waals surface area contributed by atoms with Gasteiger partial charge in [-0.05, 0) is 122 Å². The first-order chi connectivity index (χ1) is 53.4. The number of morpholine rings is 3. The van der Waals surface area contributed by atoms with Gasteiger partial charge in [0.15, 0.2) is 10.1 Å². The van der Waals surface area contributed by atoms with Crippen molar-refractivity contribution in [2.45, 2.75) is 209 Å². The zero-order valence-electron chi connectivity index (χ0n) is 72.1. The van der Waals surface area contributed by atoms with E-state index in [9.17, 15) is 37.8 Å². The van der Waals surface area contributed by atoms with Crippen LogP contribution in [0.2, 0.25) is 5.02 Å². The van der Waals surface area contributed by atoms with Crippen molar-refractivity contribution in [1.82, 2.24) is 30.3 Å². The number of aliphatic hydroxyl groups excluding tert-OH is 4. The van der Waals surface area contributed by atoms with Crippen LogP contribution in [-0.4, -0.2) is 208 Å². The van der Waals surface area contributed by atoms with E-state index in [1.165, 1.54) is 35.4 Å². The van der Waals surface area contributed by atoms with E-state index in [-0.39, 0.29) is 232 Å². The van der Waals surface area contributed by atoms with Crippen molar-refractivity contribution in [3.63, 3.8) is 0 Å². The number of amides is 2. The molecule has 37 heteroatoms. The van der Waals surface area contributed by atoms with Crippen LogP contribution >= 0.6 is 39.9 Å². The van der Waals surface area contributed by atoms with Crippen molar-refractivity contribution in [2.75, 3.05) is 52.4 Å². The second-order valence-corrected chi connectivity index (χ2v) is 28.7. The summed E-state index contributed by atoms with van der Waals surface area (Å²) in [5.41, 5.74) is 7.88. The fourth-order valence-corrected chi connectivity index (χ4v) is 10.6. The number of benzene rings is 6. The summed E-state index contributed by atoms with van der Waals surface area (Å²) in [6, 6.07) is 59.7. The van der Waals surface area contributed by atoms with E-state index < -0.39 is 39.9 Å². The third-order valence-corrected chi connectivity index (χ3v) is 16.7. The number of carboxylic acid groups (broad SMARTS) is 1. The number of carboxylic acids is 1. The molecule has 0 spiro atoms. The number of aliphatic hydroxyl groups is 4. The van der Waals surface area contributed by atoms with E-state index in [4.69, 9.17) is 79.9 Å². The molecule has 4 fully saturated rings. The van der Waals surface area contributed by atoms with Crippen molar-refractivity contribution in [3.05, 3.63) is 220 Å². The number of aliphatic carboxylic acids is 1. The summed E-state index contributed by atoms with van der Waals surface area (Å²) in [5, 5.41) is 69.2. The number of carbonyl (C=O) groups is 4. The Kier molecular flexibility index (Phi) is 85.3. The number of pyridine rings is 1. The van der Waals surface area contributed by atoms with Gasteiger partial charge in [-0.3, -0.25) is 19.3 Å². The first kappa shape index (κ1) is 134. The molecular weight excluding hydrogens is 1760 g/mol. The summed E-state index contributed by atoms with van der Waals surface area (Å²) < 4.78 is 80.2. The fraction of sp³-hybridized carbons (Fsp3) is 0.476. The van der Waals surface area contributed by atoms with Crippen LogP contribution in [0.3, 0.4) is 0 Å². The van der Waals surface area contributed by atoms with Crippen LogP contribution in [0.25, 0.3) is 10.9 Å². The summed E-state index contributed by atoms with van der Waals surface area (Å²) in [7, 11) is -6.09. The zero-order valence-corrected chi connectivity index (χ0v) is 82.4. The molecule has 6 aromatic carbocycles. The second-order valence-electron chi connectivity index (χ2n) is 26.4. The maximum atomic E-state index is 11.9. The largest absolute Gasteiger partial charge is 1.00 e. The van der Waals surface area contributed by atoms with Crippen molar-refractivity contribution >= 4 is 85.2 Å². The molecule has 0 unspecified atom stereocenters. The van der Waals surface area contributed by atoms with Crippen molar-refractivity contribution in [2.24, 2.45) is 5.73 Å². The van der Waals surface area contributed by atoms with E-state index in [1.54, 1.807) is 19.9 Å². The van der Waals surface area contributed by atoms with Crippen LogP contribution in [0, 0.1) is 11.3 Å². The van der Waals surface area contributed by atoms with Crippen molar-refractivity contribution < 1.29 is 254 Å². The Bertz CT molecular complexity index is 3910. The molecule has 0 saturated carbocycles. The van der Waals surface area contributed by atoms with E-state index in [1.807, 2.05) is 152 Å². The van der Waals surface area contributed by atoms with Gasteiger partial charge in [-0.25, -0.2) is 18.2 Å². The Hall–Kier alpha value is -2.79. The Morgan fingerprint density at radius 1 is 0.711 bits per heavy atom. The number of nitrogens with zero attached hydrogens (tertiary/aromatic N) is 5. The molecular formula is C84H126BrCl2F3K2LiN8NaO18S. The molecule has 4 aliphatic rings. The Balaban J connectivity index is -0.000000145. The molecule has 0 bridgehead atoms. The normalized spacial score (nSPS) is 17.7. The van der Waals surface area contributed by atoms with Crippen molar-refractivity contribution in [3.8, 4) is 6.07 Å². The first-order valence-corrected chi connectivity index (χ1v) is 39.2. The number of rotatable bonds is 17. The number of nitrogens with one attached hydrogen (secondary N) is 2. The molecule has 11 atom stereocenters. The average molecular weight is 1880 g/mol. The number of epoxide rings is 1. The zero-order chi connectivity index (χ0) is 85.1. The number of nitriles is 1. The van der Waals surface area contributed by atoms with Gasteiger partial charge in [-0.1, -0.05) is 214 Å². The minimum absolute atomic E-state index is 0. The molecule has 7 aromatic rings. The molecule has 121 heavy (non-hydrogen) atoms. The number of hydrogen-bond acceptors (Lipinski definition) is 23. The molecule has 9 N–H and O–H groups in total. The smallest absolute Gasteiger partial charge is 1.00 e. The van der Waals surface area contributed by atoms with Gasteiger partial charge in [-0.2, -0.15) is 18.4 Å². The van der Waals surface area contributed by atoms with Crippen LogP contribution in [0.5, 0.6) is 0 Å². The van der Waals surface area contributed by atoms with Crippen LogP contribution in [0.4, 0.5) is 13.2 Å². The predicted octanol–water partition coefficient (Wildman–Crippen LogP) is 0.149. The monoisotopic (exact) mass is 1880 g/mol. The third-order valence-electron chi connectivity index (χ3n) is 15.2. The van der Waals surface area contributed by atoms with Crippen LogP contribution in [-0.2, 0) is 91.2 Å². The summed E-state index contributed by atoms with van der Waals surface area (Å²) in [6.07, 6.45) is -1.24. The molecule has 1 aromatic heterocycles. The van der Waals surface area contributed by atoms with E-state index in [0.29, 0.717) is 74.0 Å². The standard InChI is InChI=1S/C13H19NO3.C13H17NO2.C13H19NO.C11H6BrClN2.C10H15NO.C7H9N.C6H13NO.C3H6O3.C3H6O.CHF3O3S.CH2O3.3CH4.ClH.2K.Li.Na.2H/c1-10(15)8-14(13(17)11(2)16)9-12-6-4-3-5-7-12;1-10-8-14(13(15)11(2)16-10)9-12-6-4-3-5-7-12;1-11-8-14(9-12(2)15-11)10-13-6-4-3-5-7-13;12-5-7-1-2-9-10(13)4-8(6-14)15-11(9)3-7;1-9(12)7-11-8-10-5-3-2-4-6-10;8-6-7-4-2-1-3-5-7;1-5-3-7-4-6(2)8-5;1-2(4)3(5)6;1-3-2-4-3;2-1(3,4)8(5,6)7;2-1-4-3;;;;;;;;;;/h3-7,10-11,15-16H,8-9H2,1-2H3;3-7,10-11H,8-9H2,1-2H3;3-7,11-12H,8-10H2,1-2H3;1-4H,5H2;2-6,9,11-12H,7-8H2,1H3;1-5H,6,8H2;5-7H,3-4H2,1-2H3;2,4H,1H3,(H,5,6);3H,2H2,1H3;(H,5,6,7);1,3H;3*1H4;1H;;;;;;/q;;;;;;;;;;;;;;;4*+1;2*-1/p-2/t10-,11-;10-,11+;11-,12+;;9-;;5-,6+;2-;3-;;;;;;;;;;;;/m00..0..00............/s1. The number of aromatic nitrogens is 1. The topological polar surface area (TPSA) is 396 Å². The fourth-order valence-electron chi connectivity index (χ4n) is 10.0. The maximum Gasteiger partial charge on any atom is 1.00 e. The molecule has 0 radical (unpaired) electrons. The van der Waals surface area contributed by atoms with Gasteiger partial charge in [0.25, 0.3) is 18.3 Å². The summed E-state index contributed by atoms with van der Waals surface area (Å²) in [5.74, 6) is -1.47. The van der Waals surface area contributed by atoms with Gasteiger partial charge in [0.1, 0.15) is 30.1 Å².